The fourth-order valence-electron chi connectivity index (χ4n) is 5.15. The predicted octanol–water partition coefficient (Wildman–Crippen LogP) is 6.24. The zero-order chi connectivity index (χ0) is 18.8. The molecular weight excluding hydrogens is 338 g/mol. The number of piperidine rings is 1. The summed E-state index contributed by atoms with van der Waals surface area (Å²) in [5.74, 6) is 0.766. The first-order valence-electron chi connectivity index (χ1n) is 10.3. The Morgan fingerprint density at radius 2 is 1.58 bits per heavy atom. The maximum atomic E-state index is 12.8. The van der Waals surface area contributed by atoms with Gasteiger partial charge in [0.15, 0.2) is 5.78 Å². The van der Waals surface area contributed by atoms with Gasteiger partial charge >= 0.3 is 0 Å². The van der Waals surface area contributed by atoms with Gasteiger partial charge in [0.2, 0.25) is 0 Å². The fourth-order valence-corrected chi connectivity index (χ4v) is 6.40. The number of ketones is 1. The van der Waals surface area contributed by atoms with Crippen molar-refractivity contribution in [3.05, 3.63) is 29.8 Å². The summed E-state index contributed by atoms with van der Waals surface area (Å²) in [6, 6.07) is 8.40. The summed E-state index contributed by atoms with van der Waals surface area (Å²) in [5, 5.41) is 4.48. The molecule has 1 aliphatic heterocycles. The zero-order valence-corrected chi connectivity index (χ0v) is 17.8. The van der Waals surface area contributed by atoms with Crippen LogP contribution in [0.15, 0.2) is 29.2 Å². The minimum atomic E-state index is 0.104. The first-order valence-corrected chi connectivity index (χ1v) is 11.2. The van der Waals surface area contributed by atoms with Crippen LogP contribution >= 0.6 is 11.8 Å². The SMILES string of the molecule is CC1(C)CC(CC(=O)c2ccc(SC3CCCCC3)cc2)CC(C)(C)N1. The lowest BCUT2D eigenvalue weighted by Crippen LogP contribution is -2.57. The van der Waals surface area contributed by atoms with E-state index in [9.17, 15) is 4.79 Å². The Bertz CT molecular complexity index is 598. The normalized spacial score (nSPS) is 23.7. The van der Waals surface area contributed by atoms with Gasteiger partial charge in [-0.25, -0.2) is 0 Å². The molecule has 2 nitrogen and oxygen atoms in total. The molecule has 0 bridgehead atoms. The van der Waals surface area contributed by atoms with Crippen LogP contribution in [0.4, 0.5) is 0 Å². The van der Waals surface area contributed by atoms with Crippen LogP contribution in [0.2, 0.25) is 0 Å². The highest BCUT2D eigenvalue weighted by atomic mass is 32.2. The molecule has 2 aliphatic rings. The van der Waals surface area contributed by atoms with Crippen molar-refractivity contribution in [1.29, 1.82) is 0 Å². The molecule has 144 valence electrons. The van der Waals surface area contributed by atoms with Crippen LogP contribution in [0.5, 0.6) is 0 Å². The number of benzene rings is 1. The van der Waals surface area contributed by atoms with Crippen LogP contribution in [-0.4, -0.2) is 22.1 Å². The second-order valence-electron chi connectivity index (χ2n) is 9.70. The summed E-state index contributed by atoms with van der Waals surface area (Å²) < 4.78 is 0. The van der Waals surface area contributed by atoms with E-state index in [2.05, 4.69) is 45.1 Å². The number of thioether (sulfide) groups is 1. The highest BCUT2D eigenvalue weighted by molar-refractivity contribution is 8.00. The lowest BCUT2D eigenvalue weighted by atomic mass is 9.74. The van der Waals surface area contributed by atoms with Gasteiger partial charge in [-0.1, -0.05) is 31.4 Å². The highest BCUT2D eigenvalue weighted by Gasteiger charge is 2.38. The highest BCUT2D eigenvalue weighted by Crippen LogP contribution is 2.36. The molecule has 1 N–H and O–H groups in total. The molecule has 1 heterocycles. The van der Waals surface area contributed by atoms with E-state index in [-0.39, 0.29) is 11.1 Å². The maximum Gasteiger partial charge on any atom is 0.163 e. The molecule has 3 heteroatoms. The van der Waals surface area contributed by atoms with E-state index < -0.39 is 0 Å². The third-order valence-corrected chi connectivity index (χ3v) is 7.13. The van der Waals surface area contributed by atoms with E-state index in [1.165, 1.54) is 37.0 Å². The van der Waals surface area contributed by atoms with Crippen molar-refractivity contribution in [3.8, 4) is 0 Å². The van der Waals surface area contributed by atoms with Gasteiger partial charge < -0.3 is 5.32 Å². The maximum absolute atomic E-state index is 12.8. The summed E-state index contributed by atoms with van der Waals surface area (Å²) in [6.07, 6.45) is 9.63. The summed E-state index contributed by atoms with van der Waals surface area (Å²) in [7, 11) is 0. The van der Waals surface area contributed by atoms with Gasteiger partial charge in [0, 0.05) is 33.2 Å². The number of rotatable bonds is 5. The zero-order valence-electron chi connectivity index (χ0n) is 16.9. The molecule has 0 atom stereocenters. The van der Waals surface area contributed by atoms with Crippen molar-refractivity contribution in [2.75, 3.05) is 0 Å². The molecule has 1 aromatic rings. The molecule has 0 radical (unpaired) electrons. The number of carbonyl (C=O) groups excluding carboxylic acids is 1. The third-order valence-electron chi connectivity index (χ3n) is 5.78. The predicted molar refractivity (Wildman–Crippen MR) is 112 cm³/mol. The molecule has 3 rings (SSSR count). The number of hydrogen-bond donors (Lipinski definition) is 1. The van der Waals surface area contributed by atoms with Gasteiger partial charge in [-0.2, -0.15) is 0 Å². The van der Waals surface area contributed by atoms with Crippen LogP contribution in [0.1, 0.15) is 89.4 Å². The number of carbonyl (C=O) groups is 1. The molecule has 0 unspecified atom stereocenters. The van der Waals surface area contributed by atoms with Gasteiger partial charge in [-0.3, -0.25) is 4.79 Å². The monoisotopic (exact) mass is 373 g/mol. The molecule has 26 heavy (non-hydrogen) atoms. The van der Waals surface area contributed by atoms with E-state index >= 15 is 0 Å². The smallest absolute Gasteiger partial charge is 0.163 e. The molecule has 2 fully saturated rings. The summed E-state index contributed by atoms with van der Waals surface area (Å²) in [4.78, 5) is 14.1. The van der Waals surface area contributed by atoms with Gasteiger partial charge in [0.05, 0.1) is 0 Å². The van der Waals surface area contributed by atoms with Gasteiger partial charge in [0.1, 0.15) is 0 Å². The van der Waals surface area contributed by atoms with Crippen molar-refractivity contribution in [2.24, 2.45) is 5.92 Å². The van der Waals surface area contributed by atoms with E-state index in [0.29, 0.717) is 18.1 Å². The first-order chi connectivity index (χ1) is 12.2. The average Bonchev–Trinajstić information content (AvgIpc) is 2.53. The molecule has 1 saturated heterocycles. The second kappa shape index (κ2) is 8.06. The lowest BCUT2D eigenvalue weighted by molar-refractivity contribution is 0.0864. The minimum Gasteiger partial charge on any atom is -0.307 e. The van der Waals surface area contributed by atoms with Crippen LogP contribution in [-0.2, 0) is 0 Å². The van der Waals surface area contributed by atoms with E-state index in [1.807, 2.05) is 23.9 Å². The van der Waals surface area contributed by atoms with Gasteiger partial charge in [0.25, 0.3) is 0 Å². The Balaban J connectivity index is 1.57. The first kappa shape index (κ1) is 19.9. The van der Waals surface area contributed by atoms with Crippen LogP contribution in [0.25, 0.3) is 0 Å². The van der Waals surface area contributed by atoms with Crippen LogP contribution in [0, 0.1) is 5.92 Å². The quantitative estimate of drug-likeness (QED) is 0.619. The Labute approximate surface area is 163 Å². The molecular formula is C23H35NOS. The Kier molecular flexibility index (Phi) is 6.18. The molecule has 0 spiro atoms. The lowest BCUT2D eigenvalue weighted by Gasteiger charge is -2.46. The van der Waals surface area contributed by atoms with Crippen molar-refractivity contribution in [2.45, 2.75) is 100 Å². The largest absolute Gasteiger partial charge is 0.307 e. The summed E-state index contributed by atoms with van der Waals surface area (Å²) in [6.45, 7) is 9.01. The third kappa shape index (κ3) is 5.60. The van der Waals surface area contributed by atoms with Crippen LogP contribution < -0.4 is 5.32 Å². The molecule has 0 aromatic heterocycles. The van der Waals surface area contributed by atoms with Gasteiger partial charge in [-0.15, -0.1) is 11.8 Å². The molecule has 0 amide bonds. The van der Waals surface area contributed by atoms with Crippen molar-refractivity contribution in [3.63, 3.8) is 0 Å². The van der Waals surface area contributed by atoms with E-state index in [1.54, 1.807) is 0 Å². The Hall–Kier alpha value is -0.800. The topological polar surface area (TPSA) is 29.1 Å². The van der Waals surface area contributed by atoms with Crippen molar-refractivity contribution < 1.29 is 4.79 Å². The number of hydrogen-bond acceptors (Lipinski definition) is 3. The van der Waals surface area contributed by atoms with E-state index in [0.717, 1.165) is 23.7 Å². The number of nitrogens with one attached hydrogen (secondary N) is 1. The van der Waals surface area contributed by atoms with Crippen LogP contribution in [0.3, 0.4) is 0 Å². The summed E-state index contributed by atoms with van der Waals surface area (Å²) >= 11 is 2.00. The molecule has 1 saturated carbocycles. The molecule has 1 aromatic carbocycles. The van der Waals surface area contributed by atoms with Crippen molar-refractivity contribution >= 4 is 17.5 Å². The number of Topliss-reactive ketones (excluding diaryl/α,β-unsaturated/α-hetero) is 1. The fraction of sp³-hybridized carbons (Fsp3) is 0.696. The second-order valence-corrected chi connectivity index (χ2v) is 11.1. The minimum absolute atomic E-state index is 0.104. The van der Waals surface area contributed by atoms with Crippen molar-refractivity contribution in [1.82, 2.24) is 5.32 Å². The summed E-state index contributed by atoms with van der Waals surface area (Å²) in [5.41, 5.74) is 1.09. The average molecular weight is 374 g/mol. The van der Waals surface area contributed by atoms with Gasteiger partial charge in [-0.05, 0) is 71.4 Å². The Morgan fingerprint density at radius 1 is 1.00 bits per heavy atom. The Morgan fingerprint density at radius 3 is 2.15 bits per heavy atom. The molecule has 1 aliphatic carbocycles. The standard InChI is InChI=1S/C23H35NOS/c1-22(2)15-17(16-23(3,4)24-22)14-21(25)18-10-12-20(13-11-18)26-19-8-6-5-7-9-19/h10-13,17,19,24H,5-9,14-16H2,1-4H3. The van der Waals surface area contributed by atoms with E-state index in [4.69, 9.17) is 0 Å².